The fraction of sp³-hybridized carbons (Fsp3) is 0.650. The van der Waals surface area contributed by atoms with Crippen LogP contribution in [0.1, 0.15) is 56.9 Å². The van der Waals surface area contributed by atoms with Gasteiger partial charge in [-0.3, -0.25) is 0 Å². The number of hydrogen-bond acceptors (Lipinski definition) is 4. The highest BCUT2D eigenvalue weighted by Crippen LogP contribution is 2.42. The molecular formula is C20H28N2O2. The summed E-state index contributed by atoms with van der Waals surface area (Å²) in [4.78, 5) is 0. The Labute approximate surface area is 145 Å². The highest BCUT2D eigenvalue weighted by molar-refractivity contribution is 5.47. The molecule has 1 N–H and O–H groups in total. The molecule has 0 heterocycles. The Hall–Kier alpha value is -1.73. The lowest BCUT2D eigenvalue weighted by Crippen LogP contribution is -2.40. The molecule has 2 aliphatic carbocycles. The van der Waals surface area contributed by atoms with Crippen LogP contribution in [0.15, 0.2) is 18.2 Å². The van der Waals surface area contributed by atoms with Crippen molar-refractivity contribution in [1.82, 2.24) is 5.32 Å². The van der Waals surface area contributed by atoms with Crippen LogP contribution in [0.2, 0.25) is 0 Å². The lowest BCUT2D eigenvalue weighted by molar-refractivity contribution is 0.200. The monoisotopic (exact) mass is 328 g/mol. The summed E-state index contributed by atoms with van der Waals surface area (Å²) in [6, 6.07) is 9.08. The van der Waals surface area contributed by atoms with Gasteiger partial charge in [0.2, 0.25) is 0 Å². The van der Waals surface area contributed by atoms with Crippen molar-refractivity contribution in [2.75, 3.05) is 14.2 Å². The van der Waals surface area contributed by atoms with Gasteiger partial charge < -0.3 is 14.8 Å². The number of nitrogens with one attached hydrogen (secondary N) is 1. The summed E-state index contributed by atoms with van der Waals surface area (Å²) in [6.45, 7) is 0. The zero-order valence-corrected chi connectivity index (χ0v) is 14.8. The summed E-state index contributed by atoms with van der Waals surface area (Å²) in [5, 5.41) is 13.3. The van der Waals surface area contributed by atoms with Gasteiger partial charge in [-0.2, -0.15) is 5.26 Å². The van der Waals surface area contributed by atoms with Gasteiger partial charge in [0.25, 0.3) is 0 Å². The number of nitriles is 1. The number of nitrogens with zero attached hydrogens (tertiary/aromatic N) is 1. The molecule has 0 saturated heterocycles. The number of rotatable bonds is 5. The van der Waals surface area contributed by atoms with E-state index in [9.17, 15) is 5.26 Å². The molecule has 2 fully saturated rings. The SMILES string of the molecule is CNC1CCCC(C#N)(c2ccc(OC)c(OC3CCCC3)c2)C1. The molecule has 0 spiro atoms. The van der Waals surface area contributed by atoms with Crippen LogP contribution in [-0.4, -0.2) is 26.3 Å². The Morgan fingerprint density at radius 2 is 1.96 bits per heavy atom. The van der Waals surface area contributed by atoms with Crippen molar-refractivity contribution < 1.29 is 9.47 Å². The van der Waals surface area contributed by atoms with E-state index < -0.39 is 5.41 Å². The van der Waals surface area contributed by atoms with E-state index in [-0.39, 0.29) is 6.10 Å². The second-order valence-corrected chi connectivity index (χ2v) is 7.17. The molecule has 2 aliphatic rings. The van der Waals surface area contributed by atoms with E-state index in [1.807, 2.05) is 19.2 Å². The normalized spacial score (nSPS) is 27.6. The summed E-state index contributed by atoms with van der Waals surface area (Å²) in [5.74, 6) is 1.56. The van der Waals surface area contributed by atoms with Gasteiger partial charge in [-0.25, -0.2) is 0 Å². The van der Waals surface area contributed by atoms with Crippen molar-refractivity contribution in [1.29, 1.82) is 5.26 Å². The first kappa shape index (κ1) is 17.1. The Morgan fingerprint density at radius 3 is 2.62 bits per heavy atom. The Kier molecular flexibility index (Phi) is 5.30. The third kappa shape index (κ3) is 3.37. The Bertz CT molecular complexity index is 604. The predicted molar refractivity (Wildman–Crippen MR) is 94.5 cm³/mol. The maximum atomic E-state index is 9.96. The van der Waals surface area contributed by atoms with Crippen molar-refractivity contribution in [3.05, 3.63) is 23.8 Å². The predicted octanol–water partition coefficient (Wildman–Crippen LogP) is 3.94. The van der Waals surface area contributed by atoms with Gasteiger partial charge in [0.1, 0.15) is 0 Å². The zero-order chi connectivity index (χ0) is 17.0. The van der Waals surface area contributed by atoms with E-state index in [1.165, 1.54) is 12.8 Å². The molecular weight excluding hydrogens is 300 g/mol. The molecule has 1 aromatic rings. The third-order valence-corrected chi connectivity index (χ3v) is 5.69. The van der Waals surface area contributed by atoms with Gasteiger partial charge >= 0.3 is 0 Å². The maximum Gasteiger partial charge on any atom is 0.161 e. The average Bonchev–Trinajstić information content (AvgIpc) is 3.14. The van der Waals surface area contributed by atoms with Gasteiger partial charge in [-0.1, -0.05) is 6.07 Å². The third-order valence-electron chi connectivity index (χ3n) is 5.69. The van der Waals surface area contributed by atoms with Gasteiger partial charge in [0, 0.05) is 6.04 Å². The Morgan fingerprint density at radius 1 is 1.17 bits per heavy atom. The summed E-state index contributed by atoms with van der Waals surface area (Å²) in [7, 11) is 3.66. The topological polar surface area (TPSA) is 54.3 Å². The standard InChI is InChI=1S/C20H28N2O2/c1-22-16-6-5-11-20(13-16,14-21)15-9-10-18(23-2)19(12-15)24-17-7-3-4-8-17/h9-10,12,16-17,22H,3-8,11,13H2,1-2H3. The van der Waals surface area contributed by atoms with Gasteiger partial charge in [0.15, 0.2) is 11.5 Å². The van der Waals surface area contributed by atoms with Crippen LogP contribution in [0.5, 0.6) is 11.5 Å². The van der Waals surface area contributed by atoms with E-state index in [1.54, 1.807) is 7.11 Å². The lowest BCUT2D eigenvalue weighted by Gasteiger charge is -2.36. The minimum atomic E-state index is -0.425. The number of hydrogen-bond donors (Lipinski definition) is 1. The first-order valence-electron chi connectivity index (χ1n) is 9.14. The van der Waals surface area contributed by atoms with E-state index in [0.29, 0.717) is 6.04 Å². The second kappa shape index (κ2) is 7.44. The largest absolute Gasteiger partial charge is 0.493 e. The number of methoxy groups -OCH3 is 1. The van der Waals surface area contributed by atoms with Crippen molar-refractivity contribution in [3.63, 3.8) is 0 Å². The van der Waals surface area contributed by atoms with Crippen molar-refractivity contribution in [2.45, 2.75) is 68.9 Å². The molecule has 0 radical (unpaired) electrons. The fourth-order valence-electron chi connectivity index (χ4n) is 4.20. The minimum Gasteiger partial charge on any atom is -0.493 e. The van der Waals surface area contributed by atoms with Crippen molar-refractivity contribution >= 4 is 0 Å². The zero-order valence-electron chi connectivity index (χ0n) is 14.8. The second-order valence-electron chi connectivity index (χ2n) is 7.17. The summed E-state index contributed by atoms with van der Waals surface area (Å²) < 4.78 is 11.7. The molecule has 2 saturated carbocycles. The van der Waals surface area contributed by atoms with E-state index in [0.717, 1.165) is 55.6 Å². The van der Waals surface area contributed by atoms with Crippen LogP contribution >= 0.6 is 0 Å². The summed E-state index contributed by atoms with van der Waals surface area (Å²) >= 11 is 0. The molecule has 4 heteroatoms. The first-order chi connectivity index (χ1) is 11.7. The van der Waals surface area contributed by atoms with Gasteiger partial charge in [0.05, 0.1) is 24.7 Å². The minimum absolute atomic E-state index is 0.281. The van der Waals surface area contributed by atoms with Crippen molar-refractivity contribution in [2.24, 2.45) is 0 Å². The van der Waals surface area contributed by atoms with Crippen LogP contribution in [0.25, 0.3) is 0 Å². The van der Waals surface area contributed by atoms with Crippen LogP contribution in [0, 0.1) is 11.3 Å². The molecule has 24 heavy (non-hydrogen) atoms. The molecule has 2 atom stereocenters. The van der Waals surface area contributed by atoms with Crippen LogP contribution in [0.4, 0.5) is 0 Å². The molecule has 130 valence electrons. The van der Waals surface area contributed by atoms with Crippen LogP contribution in [0.3, 0.4) is 0 Å². The molecule has 3 rings (SSSR count). The lowest BCUT2D eigenvalue weighted by atomic mass is 9.69. The smallest absolute Gasteiger partial charge is 0.161 e. The average molecular weight is 328 g/mol. The van der Waals surface area contributed by atoms with E-state index >= 15 is 0 Å². The van der Waals surface area contributed by atoms with Crippen LogP contribution < -0.4 is 14.8 Å². The number of ether oxygens (including phenoxy) is 2. The molecule has 0 aromatic heterocycles. The summed E-state index contributed by atoms with van der Waals surface area (Å²) in [6.07, 6.45) is 8.95. The van der Waals surface area contributed by atoms with Gasteiger partial charge in [-0.05, 0) is 76.1 Å². The van der Waals surface area contributed by atoms with E-state index in [2.05, 4.69) is 17.5 Å². The fourth-order valence-corrected chi connectivity index (χ4v) is 4.20. The molecule has 1 aromatic carbocycles. The Balaban J connectivity index is 1.90. The first-order valence-corrected chi connectivity index (χ1v) is 9.14. The molecule has 0 aliphatic heterocycles. The molecule has 0 amide bonds. The quantitative estimate of drug-likeness (QED) is 0.889. The molecule has 4 nitrogen and oxygen atoms in total. The number of benzene rings is 1. The van der Waals surface area contributed by atoms with Crippen molar-refractivity contribution in [3.8, 4) is 17.6 Å². The summed E-state index contributed by atoms with van der Waals surface area (Å²) in [5.41, 5.74) is 0.644. The maximum absolute atomic E-state index is 9.96. The van der Waals surface area contributed by atoms with Crippen LogP contribution in [-0.2, 0) is 5.41 Å². The molecule has 0 bridgehead atoms. The molecule has 2 unspecified atom stereocenters. The van der Waals surface area contributed by atoms with E-state index in [4.69, 9.17) is 9.47 Å². The highest BCUT2D eigenvalue weighted by atomic mass is 16.5. The highest BCUT2D eigenvalue weighted by Gasteiger charge is 2.38. The van der Waals surface area contributed by atoms with Gasteiger partial charge in [-0.15, -0.1) is 0 Å².